The van der Waals surface area contributed by atoms with Gasteiger partial charge in [0.1, 0.15) is 5.69 Å². The molecule has 1 saturated heterocycles. The molecule has 7 heteroatoms. The monoisotopic (exact) mass is 326 g/mol. The van der Waals surface area contributed by atoms with Gasteiger partial charge in [0.25, 0.3) is 5.91 Å². The van der Waals surface area contributed by atoms with Gasteiger partial charge >= 0.3 is 0 Å². The van der Waals surface area contributed by atoms with Gasteiger partial charge in [-0.05, 0) is 24.6 Å². The number of halogens is 1. The molecule has 1 atom stereocenters. The van der Waals surface area contributed by atoms with Crippen LogP contribution >= 0.6 is 11.6 Å². The molecule has 1 N–H and O–H groups in total. The highest BCUT2D eigenvalue weighted by Crippen LogP contribution is 2.23. The molecule has 1 unspecified atom stereocenters. The molecule has 0 bridgehead atoms. The zero-order valence-corrected chi connectivity index (χ0v) is 13.0. The molecule has 0 saturated carbocycles. The van der Waals surface area contributed by atoms with E-state index in [-0.39, 0.29) is 23.5 Å². The van der Waals surface area contributed by atoms with Crippen molar-refractivity contribution >= 4 is 38.2 Å². The molecule has 0 aliphatic carbocycles. The van der Waals surface area contributed by atoms with Crippen LogP contribution in [0.15, 0.2) is 24.3 Å². The molecular formula is C14H15ClN2O3S. The number of aromatic nitrogens is 1. The molecule has 0 radical (unpaired) electrons. The average molecular weight is 327 g/mol. The second-order valence-corrected chi connectivity index (χ2v) is 8.03. The van der Waals surface area contributed by atoms with Crippen molar-refractivity contribution in [1.82, 2.24) is 9.88 Å². The van der Waals surface area contributed by atoms with Gasteiger partial charge in [0.15, 0.2) is 9.84 Å². The van der Waals surface area contributed by atoms with Gasteiger partial charge in [-0.1, -0.05) is 17.7 Å². The number of aryl methyl sites for hydroxylation is 1. The molecule has 1 aliphatic heterocycles. The summed E-state index contributed by atoms with van der Waals surface area (Å²) >= 11 is 5.97. The number of sulfone groups is 1. The topological polar surface area (TPSA) is 68.2 Å². The smallest absolute Gasteiger partial charge is 0.268 e. The van der Waals surface area contributed by atoms with E-state index in [0.717, 1.165) is 10.9 Å². The highest BCUT2D eigenvalue weighted by Gasteiger charge is 2.29. The second-order valence-electron chi connectivity index (χ2n) is 5.37. The van der Waals surface area contributed by atoms with Gasteiger partial charge in [0, 0.05) is 29.0 Å². The van der Waals surface area contributed by atoms with Crippen molar-refractivity contribution in [2.45, 2.75) is 12.5 Å². The lowest BCUT2D eigenvalue weighted by atomic mass is 10.2. The maximum absolute atomic E-state index is 12.3. The fourth-order valence-electron chi connectivity index (χ4n) is 2.69. The summed E-state index contributed by atoms with van der Waals surface area (Å²) in [5.74, 6) is -0.0936. The van der Waals surface area contributed by atoms with E-state index in [9.17, 15) is 13.2 Å². The number of hydrogen-bond acceptors (Lipinski definition) is 3. The quantitative estimate of drug-likeness (QED) is 0.914. The van der Waals surface area contributed by atoms with E-state index < -0.39 is 9.84 Å². The summed E-state index contributed by atoms with van der Waals surface area (Å²) in [6.07, 6.45) is 0.476. The fraction of sp³-hybridized carbons (Fsp3) is 0.357. The van der Waals surface area contributed by atoms with Crippen molar-refractivity contribution in [3.63, 3.8) is 0 Å². The Morgan fingerprint density at radius 2 is 2.14 bits per heavy atom. The summed E-state index contributed by atoms with van der Waals surface area (Å²) in [5.41, 5.74) is 1.36. The van der Waals surface area contributed by atoms with Gasteiger partial charge in [-0.2, -0.15) is 0 Å². The highest BCUT2D eigenvalue weighted by atomic mass is 35.5. The molecule has 5 nitrogen and oxygen atoms in total. The second kappa shape index (κ2) is 5.03. The number of amides is 1. The largest absolute Gasteiger partial charge is 0.347 e. The Morgan fingerprint density at radius 3 is 2.81 bits per heavy atom. The van der Waals surface area contributed by atoms with Crippen LogP contribution in [0, 0.1) is 0 Å². The van der Waals surface area contributed by atoms with E-state index in [0.29, 0.717) is 17.1 Å². The first kappa shape index (κ1) is 14.4. The Kier molecular flexibility index (Phi) is 3.45. The predicted octanol–water partition coefficient (Wildman–Crippen LogP) is 1.75. The van der Waals surface area contributed by atoms with Gasteiger partial charge in [0.05, 0.1) is 11.5 Å². The molecule has 0 spiro atoms. The average Bonchev–Trinajstić information content (AvgIpc) is 2.90. The first-order chi connectivity index (χ1) is 9.85. The van der Waals surface area contributed by atoms with Crippen molar-refractivity contribution in [1.29, 1.82) is 0 Å². The molecule has 112 valence electrons. The van der Waals surface area contributed by atoms with E-state index in [1.165, 1.54) is 0 Å². The number of carbonyl (C=O) groups is 1. The third kappa shape index (κ3) is 2.78. The third-order valence-corrected chi connectivity index (χ3v) is 5.81. The van der Waals surface area contributed by atoms with Gasteiger partial charge in [-0.3, -0.25) is 4.79 Å². The van der Waals surface area contributed by atoms with Crippen LogP contribution in [0.3, 0.4) is 0 Å². The van der Waals surface area contributed by atoms with Crippen LogP contribution in [0.1, 0.15) is 16.9 Å². The van der Waals surface area contributed by atoms with Crippen LogP contribution in [-0.4, -0.2) is 36.4 Å². The molecule has 2 heterocycles. The van der Waals surface area contributed by atoms with Gasteiger partial charge in [-0.15, -0.1) is 0 Å². The summed E-state index contributed by atoms with van der Waals surface area (Å²) < 4.78 is 24.6. The van der Waals surface area contributed by atoms with Crippen LogP contribution in [0.2, 0.25) is 5.02 Å². The standard InChI is InChI=1S/C14H15ClN2O3S/c1-17-12-7-10(15)3-2-9(12)6-13(17)14(18)16-11-4-5-21(19,20)8-11/h2-3,6-7,11H,4-5,8H2,1H3,(H,16,18). The SMILES string of the molecule is Cn1c(C(=O)NC2CCS(=O)(=O)C2)cc2ccc(Cl)cc21. The van der Waals surface area contributed by atoms with Crippen LogP contribution in [-0.2, 0) is 16.9 Å². The van der Waals surface area contributed by atoms with Crippen molar-refractivity contribution < 1.29 is 13.2 Å². The van der Waals surface area contributed by atoms with Crippen molar-refractivity contribution in [2.75, 3.05) is 11.5 Å². The van der Waals surface area contributed by atoms with E-state index in [4.69, 9.17) is 11.6 Å². The summed E-state index contributed by atoms with van der Waals surface area (Å²) in [6.45, 7) is 0. The summed E-state index contributed by atoms with van der Waals surface area (Å²) in [6, 6.07) is 6.91. The third-order valence-electron chi connectivity index (χ3n) is 3.81. The van der Waals surface area contributed by atoms with Gasteiger partial charge in [0.2, 0.25) is 0 Å². The molecular weight excluding hydrogens is 312 g/mol. The fourth-order valence-corrected chi connectivity index (χ4v) is 4.53. The number of nitrogens with zero attached hydrogens (tertiary/aromatic N) is 1. The van der Waals surface area contributed by atoms with E-state index in [2.05, 4.69) is 5.32 Å². The van der Waals surface area contributed by atoms with Crippen LogP contribution in [0.25, 0.3) is 10.9 Å². The minimum atomic E-state index is -3.00. The Bertz CT molecular complexity index is 826. The number of benzene rings is 1. The Morgan fingerprint density at radius 1 is 1.38 bits per heavy atom. The van der Waals surface area contributed by atoms with Crippen LogP contribution < -0.4 is 5.32 Å². The molecule has 3 rings (SSSR count). The number of carbonyl (C=O) groups excluding carboxylic acids is 1. The van der Waals surface area contributed by atoms with Crippen molar-refractivity contribution in [3.8, 4) is 0 Å². The maximum Gasteiger partial charge on any atom is 0.268 e. The lowest BCUT2D eigenvalue weighted by Gasteiger charge is -2.11. The number of hydrogen-bond donors (Lipinski definition) is 1. The molecule has 1 amide bonds. The molecule has 1 fully saturated rings. The van der Waals surface area contributed by atoms with Gasteiger partial charge in [-0.25, -0.2) is 8.42 Å². The molecule has 1 aromatic carbocycles. The van der Waals surface area contributed by atoms with Gasteiger partial charge < -0.3 is 9.88 Å². The van der Waals surface area contributed by atoms with E-state index in [1.54, 1.807) is 29.8 Å². The zero-order valence-electron chi connectivity index (χ0n) is 11.5. The van der Waals surface area contributed by atoms with E-state index >= 15 is 0 Å². The summed E-state index contributed by atoms with van der Waals surface area (Å²) in [4.78, 5) is 12.3. The summed E-state index contributed by atoms with van der Waals surface area (Å²) in [7, 11) is -1.21. The number of rotatable bonds is 2. The predicted molar refractivity (Wildman–Crippen MR) is 82.5 cm³/mol. The molecule has 1 aliphatic rings. The maximum atomic E-state index is 12.3. The molecule has 2 aromatic rings. The first-order valence-corrected chi connectivity index (χ1v) is 8.82. The lowest BCUT2D eigenvalue weighted by molar-refractivity contribution is 0.0933. The minimum absolute atomic E-state index is 0.0223. The number of fused-ring (bicyclic) bond motifs is 1. The Labute approximate surface area is 127 Å². The summed E-state index contributed by atoms with van der Waals surface area (Å²) in [5, 5.41) is 4.33. The zero-order chi connectivity index (χ0) is 15.2. The van der Waals surface area contributed by atoms with Crippen LogP contribution in [0.5, 0.6) is 0 Å². The molecule has 1 aromatic heterocycles. The van der Waals surface area contributed by atoms with Crippen LogP contribution in [0.4, 0.5) is 0 Å². The van der Waals surface area contributed by atoms with Crippen molar-refractivity contribution in [2.24, 2.45) is 7.05 Å². The lowest BCUT2D eigenvalue weighted by Crippen LogP contribution is -2.36. The minimum Gasteiger partial charge on any atom is -0.347 e. The Hall–Kier alpha value is -1.53. The first-order valence-electron chi connectivity index (χ1n) is 6.62. The highest BCUT2D eigenvalue weighted by molar-refractivity contribution is 7.91. The number of nitrogens with one attached hydrogen (secondary N) is 1. The van der Waals surface area contributed by atoms with Crippen molar-refractivity contribution in [3.05, 3.63) is 35.0 Å². The Balaban J connectivity index is 1.87. The molecule has 21 heavy (non-hydrogen) atoms. The van der Waals surface area contributed by atoms with E-state index in [1.807, 2.05) is 6.07 Å². The normalized spacial score (nSPS) is 20.8.